The first kappa shape index (κ1) is 15.0. The minimum absolute atomic E-state index is 0.0966. The van der Waals surface area contributed by atoms with E-state index >= 15 is 0 Å². The molecule has 0 aliphatic heterocycles. The molecule has 2 rings (SSSR count). The molecule has 1 aromatic heterocycles. The van der Waals surface area contributed by atoms with E-state index < -0.39 is 0 Å². The Morgan fingerprint density at radius 2 is 2.05 bits per heavy atom. The van der Waals surface area contributed by atoms with Crippen LogP contribution in [0.4, 0.5) is 4.39 Å². The van der Waals surface area contributed by atoms with Gasteiger partial charge < -0.3 is 4.90 Å². The standard InChI is InChI=1S/C16H18FN3O/c1-12(14-4-6-15(17)7-5-14)8-16(21)19(2)10-13-9-18-20(3)11-13/h4-9,11H,10H2,1-3H3/b12-8+. The Hall–Kier alpha value is -2.43. The minimum Gasteiger partial charge on any atom is -0.338 e. The summed E-state index contributed by atoms with van der Waals surface area (Å²) in [7, 11) is 3.58. The molecule has 0 unspecified atom stereocenters. The van der Waals surface area contributed by atoms with Crippen LogP contribution in [-0.4, -0.2) is 27.6 Å². The normalized spacial score (nSPS) is 11.5. The number of rotatable bonds is 4. The quantitative estimate of drug-likeness (QED) is 0.811. The smallest absolute Gasteiger partial charge is 0.246 e. The Morgan fingerprint density at radius 1 is 1.38 bits per heavy atom. The van der Waals surface area contributed by atoms with Gasteiger partial charge in [0.05, 0.1) is 6.20 Å². The van der Waals surface area contributed by atoms with Crippen molar-refractivity contribution >= 4 is 11.5 Å². The van der Waals surface area contributed by atoms with Crippen molar-refractivity contribution in [3.8, 4) is 0 Å². The van der Waals surface area contributed by atoms with Gasteiger partial charge in [-0.3, -0.25) is 9.48 Å². The fourth-order valence-corrected chi connectivity index (χ4v) is 2.00. The van der Waals surface area contributed by atoms with E-state index in [2.05, 4.69) is 5.10 Å². The third-order valence-electron chi connectivity index (χ3n) is 3.19. The van der Waals surface area contributed by atoms with E-state index in [1.807, 2.05) is 20.2 Å². The van der Waals surface area contributed by atoms with Crippen LogP contribution in [0.5, 0.6) is 0 Å². The maximum absolute atomic E-state index is 12.9. The molecule has 0 atom stereocenters. The van der Waals surface area contributed by atoms with Gasteiger partial charge in [0.15, 0.2) is 0 Å². The summed E-state index contributed by atoms with van der Waals surface area (Å²) in [5, 5.41) is 4.07. The fourth-order valence-electron chi connectivity index (χ4n) is 2.00. The highest BCUT2D eigenvalue weighted by molar-refractivity contribution is 5.94. The predicted molar refractivity (Wildman–Crippen MR) is 79.7 cm³/mol. The largest absolute Gasteiger partial charge is 0.338 e. The number of likely N-dealkylation sites (N-methyl/N-ethyl adjacent to an activating group) is 1. The molecule has 0 saturated carbocycles. The number of halogens is 1. The van der Waals surface area contributed by atoms with Gasteiger partial charge in [-0.15, -0.1) is 0 Å². The van der Waals surface area contributed by atoms with Gasteiger partial charge >= 0.3 is 0 Å². The zero-order chi connectivity index (χ0) is 15.4. The lowest BCUT2D eigenvalue weighted by Crippen LogP contribution is -2.24. The molecule has 0 radical (unpaired) electrons. The van der Waals surface area contributed by atoms with Gasteiger partial charge in [-0.2, -0.15) is 5.10 Å². The Balaban J connectivity index is 2.05. The van der Waals surface area contributed by atoms with Gasteiger partial charge in [0, 0.05) is 38.5 Å². The molecule has 0 N–H and O–H groups in total. The van der Waals surface area contributed by atoms with Gasteiger partial charge in [-0.25, -0.2) is 4.39 Å². The molecule has 0 fully saturated rings. The number of nitrogens with zero attached hydrogens (tertiary/aromatic N) is 3. The van der Waals surface area contributed by atoms with Crippen molar-refractivity contribution in [1.82, 2.24) is 14.7 Å². The molecule has 1 heterocycles. The van der Waals surface area contributed by atoms with Crippen LogP contribution >= 0.6 is 0 Å². The summed E-state index contributed by atoms with van der Waals surface area (Å²) in [6.45, 7) is 2.34. The van der Waals surface area contributed by atoms with E-state index in [1.165, 1.54) is 12.1 Å². The number of allylic oxidation sites excluding steroid dienone is 1. The molecule has 110 valence electrons. The lowest BCUT2D eigenvalue weighted by molar-refractivity contribution is -0.125. The van der Waals surface area contributed by atoms with Crippen molar-refractivity contribution in [3.05, 3.63) is 59.7 Å². The Morgan fingerprint density at radius 3 is 2.62 bits per heavy atom. The van der Waals surface area contributed by atoms with Crippen LogP contribution in [0.25, 0.3) is 5.57 Å². The Bertz CT molecular complexity index is 658. The second kappa shape index (κ2) is 6.35. The summed E-state index contributed by atoms with van der Waals surface area (Å²) in [4.78, 5) is 13.8. The predicted octanol–water partition coefficient (Wildman–Crippen LogP) is 2.62. The summed E-state index contributed by atoms with van der Waals surface area (Å²) in [6.07, 6.45) is 5.17. The number of aromatic nitrogens is 2. The van der Waals surface area contributed by atoms with E-state index in [1.54, 1.807) is 41.0 Å². The van der Waals surface area contributed by atoms with Crippen molar-refractivity contribution in [2.24, 2.45) is 7.05 Å². The van der Waals surface area contributed by atoms with E-state index in [0.717, 1.165) is 16.7 Å². The molecule has 0 bridgehead atoms. The molecule has 0 saturated heterocycles. The molecular weight excluding hydrogens is 269 g/mol. The molecule has 0 aliphatic rings. The molecule has 0 aliphatic carbocycles. The summed E-state index contributed by atoms with van der Waals surface area (Å²) in [6, 6.07) is 6.10. The Kier molecular flexibility index (Phi) is 4.52. The molecule has 0 spiro atoms. The van der Waals surface area contributed by atoms with Crippen molar-refractivity contribution in [2.45, 2.75) is 13.5 Å². The van der Waals surface area contributed by atoms with Crippen LogP contribution in [0.2, 0.25) is 0 Å². The highest BCUT2D eigenvalue weighted by Gasteiger charge is 2.09. The maximum atomic E-state index is 12.9. The van der Waals surface area contributed by atoms with Crippen LogP contribution in [0.3, 0.4) is 0 Å². The number of carbonyl (C=O) groups excluding carboxylic acids is 1. The van der Waals surface area contributed by atoms with Crippen LogP contribution in [-0.2, 0) is 18.4 Å². The van der Waals surface area contributed by atoms with E-state index in [4.69, 9.17) is 0 Å². The van der Waals surface area contributed by atoms with Crippen LogP contribution in [0, 0.1) is 5.82 Å². The third-order valence-corrected chi connectivity index (χ3v) is 3.19. The zero-order valence-corrected chi connectivity index (χ0v) is 12.4. The van der Waals surface area contributed by atoms with E-state index in [0.29, 0.717) is 6.54 Å². The topological polar surface area (TPSA) is 38.1 Å². The first-order valence-electron chi connectivity index (χ1n) is 6.62. The van der Waals surface area contributed by atoms with Gasteiger partial charge in [-0.05, 0) is 30.2 Å². The van der Waals surface area contributed by atoms with Crippen LogP contribution in [0.1, 0.15) is 18.1 Å². The van der Waals surface area contributed by atoms with Crippen molar-refractivity contribution in [1.29, 1.82) is 0 Å². The first-order chi connectivity index (χ1) is 9.95. The first-order valence-corrected chi connectivity index (χ1v) is 6.62. The number of hydrogen-bond acceptors (Lipinski definition) is 2. The SMILES string of the molecule is C/C(=C\C(=O)N(C)Cc1cnn(C)c1)c1ccc(F)cc1. The summed E-state index contributed by atoms with van der Waals surface area (Å²) >= 11 is 0. The highest BCUT2D eigenvalue weighted by atomic mass is 19.1. The molecule has 4 nitrogen and oxygen atoms in total. The average Bonchev–Trinajstić information content (AvgIpc) is 2.84. The van der Waals surface area contributed by atoms with Gasteiger partial charge in [0.1, 0.15) is 5.82 Å². The molecule has 21 heavy (non-hydrogen) atoms. The lowest BCUT2D eigenvalue weighted by atomic mass is 10.1. The number of hydrogen-bond donors (Lipinski definition) is 0. The molecule has 5 heteroatoms. The number of amides is 1. The lowest BCUT2D eigenvalue weighted by Gasteiger charge is -2.14. The second-order valence-corrected chi connectivity index (χ2v) is 5.05. The van der Waals surface area contributed by atoms with Gasteiger partial charge in [0.25, 0.3) is 0 Å². The number of benzene rings is 1. The summed E-state index contributed by atoms with van der Waals surface area (Å²) < 4.78 is 14.6. The monoisotopic (exact) mass is 287 g/mol. The molecule has 1 amide bonds. The van der Waals surface area contributed by atoms with Crippen LogP contribution in [0.15, 0.2) is 42.7 Å². The second-order valence-electron chi connectivity index (χ2n) is 5.05. The summed E-state index contributed by atoms with van der Waals surface area (Å²) in [5.41, 5.74) is 2.61. The van der Waals surface area contributed by atoms with Crippen molar-refractivity contribution < 1.29 is 9.18 Å². The van der Waals surface area contributed by atoms with Crippen molar-refractivity contribution in [2.75, 3.05) is 7.05 Å². The fraction of sp³-hybridized carbons (Fsp3) is 0.250. The third kappa shape index (κ3) is 4.02. The zero-order valence-electron chi connectivity index (χ0n) is 12.4. The molecule has 1 aromatic carbocycles. The molecular formula is C16H18FN3O. The average molecular weight is 287 g/mol. The maximum Gasteiger partial charge on any atom is 0.246 e. The number of carbonyl (C=O) groups is 1. The van der Waals surface area contributed by atoms with Gasteiger partial charge in [-0.1, -0.05) is 12.1 Å². The minimum atomic E-state index is -0.286. The van der Waals surface area contributed by atoms with E-state index in [-0.39, 0.29) is 11.7 Å². The van der Waals surface area contributed by atoms with Gasteiger partial charge in [0.2, 0.25) is 5.91 Å². The van der Waals surface area contributed by atoms with E-state index in [9.17, 15) is 9.18 Å². The van der Waals surface area contributed by atoms with Crippen LogP contribution < -0.4 is 0 Å². The summed E-state index contributed by atoms with van der Waals surface area (Å²) in [5.74, 6) is -0.382. The number of aryl methyl sites for hydroxylation is 1. The highest BCUT2D eigenvalue weighted by Crippen LogP contribution is 2.14. The molecule has 2 aromatic rings. The Labute approximate surface area is 123 Å². The van der Waals surface area contributed by atoms with Crippen molar-refractivity contribution in [3.63, 3.8) is 0 Å².